The third-order valence-corrected chi connectivity index (χ3v) is 5.84. The first-order valence-electron chi connectivity index (χ1n) is 9.70. The van der Waals surface area contributed by atoms with Crippen LogP contribution in [0.3, 0.4) is 0 Å². The van der Waals surface area contributed by atoms with Gasteiger partial charge < -0.3 is 20.0 Å². The maximum Gasteiger partial charge on any atom is 0.253 e. The number of aliphatic hydroxyl groups excluding tert-OH is 1. The van der Waals surface area contributed by atoms with E-state index in [9.17, 15) is 15.0 Å². The number of rotatable bonds is 5. The van der Waals surface area contributed by atoms with Crippen LogP contribution < -0.4 is 0 Å². The molecular weight excluding hydrogens is 330 g/mol. The summed E-state index contributed by atoms with van der Waals surface area (Å²) in [6.07, 6.45) is 2.73. The Bertz CT molecular complexity index is 584. The van der Waals surface area contributed by atoms with E-state index < -0.39 is 0 Å². The van der Waals surface area contributed by atoms with Crippen LogP contribution in [0.4, 0.5) is 0 Å². The number of phenolic OH excluding ortho intramolecular Hbond substituents is 1. The molecule has 1 aromatic rings. The Balaban J connectivity index is 1.66. The fourth-order valence-corrected chi connectivity index (χ4v) is 4.26. The van der Waals surface area contributed by atoms with Crippen molar-refractivity contribution in [2.24, 2.45) is 5.92 Å². The molecule has 2 fully saturated rings. The van der Waals surface area contributed by atoms with Gasteiger partial charge in [0.15, 0.2) is 0 Å². The van der Waals surface area contributed by atoms with Crippen LogP contribution in [0.2, 0.25) is 0 Å². The molecule has 3 rings (SSSR count). The molecule has 26 heavy (non-hydrogen) atoms. The highest BCUT2D eigenvalue weighted by Gasteiger charge is 2.35. The average molecular weight is 361 g/mol. The molecule has 2 N–H and O–H groups in total. The topological polar surface area (TPSA) is 67.2 Å². The molecule has 2 atom stereocenters. The number of nitrogens with zero attached hydrogens (tertiary/aromatic N) is 3. The van der Waals surface area contributed by atoms with Crippen molar-refractivity contribution in [2.75, 3.05) is 52.9 Å². The van der Waals surface area contributed by atoms with Gasteiger partial charge >= 0.3 is 0 Å². The molecular formula is C20H31N3O3. The molecule has 2 saturated heterocycles. The normalized spacial score (nSPS) is 25.4. The van der Waals surface area contributed by atoms with Crippen molar-refractivity contribution >= 4 is 5.91 Å². The maximum absolute atomic E-state index is 12.8. The largest absolute Gasteiger partial charge is 0.508 e. The van der Waals surface area contributed by atoms with Crippen LogP contribution in [-0.2, 0) is 0 Å². The predicted molar refractivity (Wildman–Crippen MR) is 101 cm³/mol. The Kier molecular flexibility index (Phi) is 6.51. The van der Waals surface area contributed by atoms with Crippen LogP contribution in [0.5, 0.6) is 5.75 Å². The number of phenols is 1. The number of aromatic hydroxyl groups is 1. The highest BCUT2D eigenvalue weighted by molar-refractivity contribution is 5.94. The average Bonchev–Trinajstić information content (AvgIpc) is 2.67. The van der Waals surface area contributed by atoms with E-state index in [1.54, 1.807) is 24.3 Å². The van der Waals surface area contributed by atoms with Crippen molar-refractivity contribution in [1.82, 2.24) is 14.7 Å². The number of benzene rings is 1. The molecule has 0 spiro atoms. The number of carbonyl (C=O) groups excluding carboxylic acids is 1. The number of piperidine rings is 1. The molecule has 2 heterocycles. The molecule has 6 heteroatoms. The van der Waals surface area contributed by atoms with Crippen molar-refractivity contribution in [3.63, 3.8) is 0 Å². The molecule has 0 saturated carbocycles. The van der Waals surface area contributed by atoms with Gasteiger partial charge in [-0.25, -0.2) is 0 Å². The van der Waals surface area contributed by atoms with Gasteiger partial charge in [-0.15, -0.1) is 0 Å². The first-order valence-corrected chi connectivity index (χ1v) is 9.70. The molecule has 1 aromatic carbocycles. The summed E-state index contributed by atoms with van der Waals surface area (Å²) in [6, 6.07) is 7.00. The van der Waals surface area contributed by atoms with E-state index in [0.29, 0.717) is 17.5 Å². The van der Waals surface area contributed by atoms with E-state index in [1.807, 2.05) is 4.90 Å². The van der Waals surface area contributed by atoms with Gasteiger partial charge in [0, 0.05) is 57.5 Å². The number of hydrogen-bond acceptors (Lipinski definition) is 5. The minimum atomic E-state index is 0.0378. The quantitative estimate of drug-likeness (QED) is 0.826. The van der Waals surface area contributed by atoms with Crippen molar-refractivity contribution in [3.8, 4) is 5.75 Å². The van der Waals surface area contributed by atoms with Gasteiger partial charge in [-0.2, -0.15) is 0 Å². The monoisotopic (exact) mass is 361 g/mol. The number of aliphatic hydroxyl groups is 1. The fourth-order valence-electron chi connectivity index (χ4n) is 4.26. The lowest BCUT2D eigenvalue weighted by Gasteiger charge is -2.46. The van der Waals surface area contributed by atoms with E-state index in [0.717, 1.165) is 58.5 Å². The minimum absolute atomic E-state index is 0.0378. The number of piperazine rings is 1. The lowest BCUT2D eigenvalue weighted by molar-refractivity contribution is 0.0218. The van der Waals surface area contributed by atoms with Crippen LogP contribution in [0.1, 0.15) is 29.6 Å². The highest BCUT2D eigenvalue weighted by atomic mass is 16.3. The summed E-state index contributed by atoms with van der Waals surface area (Å²) >= 11 is 0. The second-order valence-corrected chi connectivity index (χ2v) is 7.62. The predicted octanol–water partition coefficient (Wildman–Crippen LogP) is 1.24. The summed E-state index contributed by atoms with van der Waals surface area (Å²) in [6.45, 7) is 6.09. The standard InChI is InChI=1S/C20H31N3O3/c1-21-10-12-22(13-11-21)19-8-9-23(15-17(19)3-2-14-24)20(26)16-4-6-18(25)7-5-16/h4-7,17,19,24-25H,2-3,8-15H2,1H3/t17-,19+/m0/s1. The Labute approximate surface area is 156 Å². The van der Waals surface area contributed by atoms with Crippen LogP contribution in [0.15, 0.2) is 24.3 Å². The lowest BCUT2D eigenvalue weighted by Crippen LogP contribution is -2.56. The smallest absolute Gasteiger partial charge is 0.253 e. The molecule has 144 valence electrons. The number of hydrogen-bond donors (Lipinski definition) is 2. The zero-order valence-corrected chi connectivity index (χ0v) is 15.7. The van der Waals surface area contributed by atoms with Gasteiger partial charge in [-0.05, 0) is 56.5 Å². The van der Waals surface area contributed by atoms with Gasteiger partial charge in [-0.3, -0.25) is 9.69 Å². The zero-order chi connectivity index (χ0) is 18.5. The van der Waals surface area contributed by atoms with Gasteiger partial charge in [0.1, 0.15) is 5.75 Å². The van der Waals surface area contributed by atoms with Gasteiger partial charge in [0.25, 0.3) is 5.91 Å². The zero-order valence-electron chi connectivity index (χ0n) is 15.7. The molecule has 0 unspecified atom stereocenters. The van der Waals surface area contributed by atoms with E-state index in [4.69, 9.17) is 0 Å². The summed E-state index contributed by atoms with van der Waals surface area (Å²) in [5.41, 5.74) is 0.627. The second-order valence-electron chi connectivity index (χ2n) is 7.62. The van der Waals surface area contributed by atoms with Crippen LogP contribution in [0, 0.1) is 5.92 Å². The Hall–Kier alpha value is -1.63. The molecule has 2 aliphatic heterocycles. The van der Waals surface area contributed by atoms with Crippen LogP contribution in [-0.4, -0.2) is 89.8 Å². The Morgan fingerprint density at radius 1 is 1.12 bits per heavy atom. The first kappa shape index (κ1) is 19.1. The third kappa shape index (κ3) is 4.55. The van der Waals surface area contributed by atoms with E-state index in [-0.39, 0.29) is 18.3 Å². The summed E-state index contributed by atoms with van der Waals surface area (Å²) < 4.78 is 0. The van der Waals surface area contributed by atoms with Crippen molar-refractivity contribution < 1.29 is 15.0 Å². The maximum atomic E-state index is 12.8. The number of amides is 1. The first-order chi connectivity index (χ1) is 12.6. The molecule has 0 aromatic heterocycles. The van der Waals surface area contributed by atoms with Crippen LogP contribution in [0.25, 0.3) is 0 Å². The summed E-state index contributed by atoms with van der Waals surface area (Å²) in [4.78, 5) is 19.7. The van der Waals surface area contributed by atoms with E-state index >= 15 is 0 Å². The third-order valence-electron chi connectivity index (χ3n) is 5.84. The van der Waals surface area contributed by atoms with Crippen LogP contribution >= 0.6 is 0 Å². The Morgan fingerprint density at radius 3 is 2.46 bits per heavy atom. The highest BCUT2D eigenvalue weighted by Crippen LogP contribution is 2.28. The Morgan fingerprint density at radius 2 is 1.81 bits per heavy atom. The number of carbonyl (C=O) groups is 1. The molecule has 6 nitrogen and oxygen atoms in total. The molecule has 0 bridgehead atoms. The van der Waals surface area contributed by atoms with Gasteiger partial charge in [0.2, 0.25) is 0 Å². The van der Waals surface area contributed by atoms with Gasteiger partial charge in [-0.1, -0.05) is 0 Å². The van der Waals surface area contributed by atoms with Crippen molar-refractivity contribution in [1.29, 1.82) is 0 Å². The number of likely N-dealkylation sites (N-methyl/N-ethyl adjacent to an activating group) is 1. The second kappa shape index (κ2) is 8.84. The van der Waals surface area contributed by atoms with Crippen molar-refractivity contribution in [3.05, 3.63) is 29.8 Å². The molecule has 2 aliphatic rings. The summed E-state index contributed by atoms with van der Waals surface area (Å²) in [7, 11) is 2.17. The molecule has 0 radical (unpaired) electrons. The lowest BCUT2D eigenvalue weighted by atomic mass is 9.86. The number of likely N-dealkylation sites (tertiary alicyclic amines) is 1. The van der Waals surface area contributed by atoms with E-state index in [1.165, 1.54) is 0 Å². The molecule has 1 amide bonds. The molecule has 0 aliphatic carbocycles. The SMILES string of the molecule is CN1CCN([C@@H]2CCN(C(=O)c3ccc(O)cc3)C[C@@H]2CCCO)CC1. The summed E-state index contributed by atoms with van der Waals surface area (Å²) in [5.74, 6) is 0.618. The van der Waals surface area contributed by atoms with Gasteiger partial charge in [0.05, 0.1) is 0 Å². The van der Waals surface area contributed by atoms with E-state index in [2.05, 4.69) is 16.8 Å². The van der Waals surface area contributed by atoms with Crippen molar-refractivity contribution in [2.45, 2.75) is 25.3 Å². The fraction of sp³-hybridized carbons (Fsp3) is 0.650. The minimum Gasteiger partial charge on any atom is -0.508 e. The summed E-state index contributed by atoms with van der Waals surface area (Å²) in [5, 5.41) is 18.7.